The van der Waals surface area contributed by atoms with Gasteiger partial charge < -0.3 is 9.47 Å². The zero-order valence-corrected chi connectivity index (χ0v) is 12.4. The number of rotatable bonds is 3. The third-order valence-corrected chi connectivity index (χ3v) is 3.76. The molecule has 0 spiro atoms. The summed E-state index contributed by atoms with van der Waals surface area (Å²) in [6.07, 6.45) is 0.824. The maximum atomic E-state index is 12.5. The highest BCUT2D eigenvalue weighted by atomic mass is 16.6. The SMILES string of the molecule is C[C@@]1(C(=O)Oc2ccccc2C=O)Cc2ccccc2C(=O)O1. The largest absolute Gasteiger partial charge is 0.443 e. The van der Waals surface area contributed by atoms with Crippen LogP contribution in [0.3, 0.4) is 0 Å². The van der Waals surface area contributed by atoms with Gasteiger partial charge in [-0.15, -0.1) is 0 Å². The van der Waals surface area contributed by atoms with Crippen LogP contribution < -0.4 is 4.74 Å². The Morgan fingerprint density at radius 3 is 2.65 bits per heavy atom. The van der Waals surface area contributed by atoms with E-state index >= 15 is 0 Å². The van der Waals surface area contributed by atoms with Crippen molar-refractivity contribution >= 4 is 18.2 Å². The number of carbonyl (C=O) groups excluding carboxylic acids is 3. The van der Waals surface area contributed by atoms with Gasteiger partial charge in [-0.1, -0.05) is 30.3 Å². The van der Waals surface area contributed by atoms with E-state index in [4.69, 9.17) is 9.47 Å². The molecule has 0 saturated heterocycles. The molecule has 1 aliphatic rings. The summed E-state index contributed by atoms with van der Waals surface area (Å²) >= 11 is 0. The summed E-state index contributed by atoms with van der Waals surface area (Å²) in [6, 6.07) is 13.3. The summed E-state index contributed by atoms with van der Waals surface area (Å²) < 4.78 is 10.6. The van der Waals surface area contributed by atoms with Gasteiger partial charge in [-0.25, -0.2) is 9.59 Å². The summed E-state index contributed by atoms with van der Waals surface area (Å²) in [4.78, 5) is 35.6. The van der Waals surface area contributed by atoms with Crippen LogP contribution >= 0.6 is 0 Å². The third kappa shape index (κ3) is 2.73. The molecule has 0 aliphatic carbocycles. The van der Waals surface area contributed by atoms with Crippen LogP contribution in [0.1, 0.15) is 33.2 Å². The first kappa shape index (κ1) is 15.0. The number of aldehydes is 1. The lowest BCUT2D eigenvalue weighted by molar-refractivity contribution is -0.155. The van der Waals surface area contributed by atoms with Crippen LogP contribution in [0, 0.1) is 0 Å². The number of hydrogen-bond acceptors (Lipinski definition) is 5. The highest BCUT2D eigenvalue weighted by molar-refractivity contribution is 5.97. The van der Waals surface area contributed by atoms with Gasteiger partial charge in [0, 0.05) is 6.42 Å². The molecule has 1 aliphatic heterocycles. The lowest BCUT2D eigenvalue weighted by Crippen LogP contribution is -2.48. The monoisotopic (exact) mass is 310 g/mol. The predicted molar refractivity (Wildman–Crippen MR) is 81.4 cm³/mol. The Morgan fingerprint density at radius 1 is 1.17 bits per heavy atom. The fourth-order valence-corrected chi connectivity index (χ4v) is 2.53. The number of benzene rings is 2. The zero-order valence-electron chi connectivity index (χ0n) is 12.4. The molecular formula is C18H14O5. The van der Waals surface area contributed by atoms with E-state index in [1.807, 2.05) is 0 Å². The lowest BCUT2D eigenvalue weighted by atomic mass is 9.90. The first-order valence-electron chi connectivity index (χ1n) is 7.11. The van der Waals surface area contributed by atoms with Crippen LogP contribution in [-0.4, -0.2) is 23.8 Å². The molecule has 0 amide bonds. The van der Waals surface area contributed by atoms with Gasteiger partial charge in [0.15, 0.2) is 6.29 Å². The lowest BCUT2D eigenvalue weighted by Gasteiger charge is -2.32. The van der Waals surface area contributed by atoms with Gasteiger partial charge in [0.25, 0.3) is 0 Å². The Balaban J connectivity index is 1.88. The number of para-hydroxylation sites is 1. The molecule has 5 nitrogen and oxygen atoms in total. The first-order chi connectivity index (χ1) is 11.0. The molecule has 0 N–H and O–H groups in total. The molecule has 1 heterocycles. The van der Waals surface area contributed by atoms with Crippen LogP contribution in [0.5, 0.6) is 5.75 Å². The molecule has 3 rings (SSSR count). The average molecular weight is 310 g/mol. The van der Waals surface area contributed by atoms with E-state index in [1.54, 1.807) is 42.5 Å². The Kier molecular flexibility index (Phi) is 3.70. The van der Waals surface area contributed by atoms with E-state index in [2.05, 4.69) is 0 Å². The number of ether oxygens (including phenoxy) is 2. The average Bonchev–Trinajstić information content (AvgIpc) is 2.55. The molecule has 0 radical (unpaired) electrons. The van der Waals surface area contributed by atoms with Crippen molar-refractivity contribution in [3.8, 4) is 5.75 Å². The van der Waals surface area contributed by atoms with E-state index in [-0.39, 0.29) is 17.7 Å². The van der Waals surface area contributed by atoms with Crippen LogP contribution in [-0.2, 0) is 16.0 Å². The van der Waals surface area contributed by atoms with Crippen molar-refractivity contribution in [2.75, 3.05) is 0 Å². The fourth-order valence-electron chi connectivity index (χ4n) is 2.53. The second kappa shape index (κ2) is 5.68. The number of carbonyl (C=O) groups is 3. The zero-order chi connectivity index (χ0) is 16.4. The highest BCUT2D eigenvalue weighted by Gasteiger charge is 2.44. The number of esters is 2. The number of hydrogen-bond donors (Lipinski definition) is 0. The third-order valence-electron chi connectivity index (χ3n) is 3.76. The fraction of sp³-hybridized carbons (Fsp3) is 0.167. The quantitative estimate of drug-likeness (QED) is 0.495. The summed E-state index contributed by atoms with van der Waals surface area (Å²) in [5.74, 6) is -1.13. The molecule has 0 bridgehead atoms. The second-order valence-electron chi connectivity index (χ2n) is 5.50. The van der Waals surface area contributed by atoms with Crippen molar-refractivity contribution in [3.63, 3.8) is 0 Å². The van der Waals surface area contributed by atoms with Crippen LogP contribution in [0.4, 0.5) is 0 Å². The van der Waals surface area contributed by atoms with Crippen molar-refractivity contribution in [2.24, 2.45) is 0 Å². The van der Waals surface area contributed by atoms with Crippen molar-refractivity contribution < 1.29 is 23.9 Å². The molecule has 0 unspecified atom stereocenters. The minimum atomic E-state index is -1.43. The van der Waals surface area contributed by atoms with Crippen LogP contribution in [0.2, 0.25) is 0 Å². The normalized spacial score (nSPS) is 19.4. The first-order valence-corrected chi connectivity index (χ1v) is 7.11. The van der Waals surface area contributed by atoms with Crippen molar-refractivity contribution in [1.82, 2.24) is 0 Å². The summed E-state index contributed by atoms with van der Waals surface area (Å²) in [5.41, 5.74) is 0.00598. The highest BCUT2D eigenvalue weighted by Crippen LogP contribution is 2.30. The van der Waals surface area contributed by atoms with Gasteiger partial charge in [0.1, 0.15) is 5.75 Å². The topological polar surface area (TPSA) is 69.7 Å². The van der Waals surface area contributed by atoms with Gasteiger partial charge >= 0.3 is 11.9 Å². The van der Waals surface area contributed by atoms with E-state index in [0.29, 0.717) is 11.8 Å². The number of cyclic esters (lactones) is 1. The molecule has 5 heteroatoms. The summed E-state index contributed by atoms with van der Waals surface area (Å²) in [7, 11) is 0. The predicted octanol–water partition coefficient (Wildman–Crippen LogP) is 2.58. The molecule has 2 aromatic carbocycles. The van der Waals surface area contributed by atoms with Crippen molar-refractivity contribution in [3.05, 3.63) is 65.2 Å². The molecule has 0 aromatic heterocycles. The maximum absolute atomic E-state index is 12.5. The van der Waals surface area contributed by atoms with Crippen LogP contribution in [0.25, 0.3) is 0 Å². The van der Waals surface area contributed by atoms with E-state index < -0.39 is 17.5 Å². The molecule has 2 aromatic rings. The van der Waals surface area contributed by atoms with Gasteiger partial charge in [0.2, 0.25) is 5.60 Å². The molecule has 0 saturated carbocycles. The standard InChI is InChI=1S/C18H14O5/c1-18(10-12-6-2-4-8-14(12)16(20)23-18)17(21)22-15-9-5-3-7-13(15)11-19/h2-9,11H,10H2,1H3/t18-/m0/s1. The van der Waals surface area contributed by atoms with E-state index in [1.165, 1.54) is 13.0 Å². The Bertz CT molecular complexity index is 796. The number of fused-ring (bicyclic) bond motifs is 1. The molecule has 116 valence electrons. The molecule has 1 atom stereocenters. The van der Waals surface area contributed by atoms with Gasteiger partial charge in [-0.3, -0.25) is 4.79 Å². The molecule has 23 heavy (non-hydrogen) atoms. The van der Waals surface area contributed by atoms with Crippen molar-refractivity contribution in [1.29, 1.82) is 0 Å². The van der Waals surface area contributed by atoms with Crippen LogP contribution in [0.15, 0.2) is 48.5 Å². The smallest absolute Gasteiger partial charge is 0.356 e. The Labute approximate surface area is 132 Å². The summed E-state index contributed by atoms with van der Waals surface area (Å²) in [5, 5.41) is 0. The van der Waals surface area contributed by atoms with E-state index in [0.717, 1.165) is 5.56 Å². The Hall–Kier alpha value is -2.95. The minimum Gasteiger partial charge on any atom is -0.443 e. The van der Waals surface area contributed by atoms with Gasteiger partial charge in [0.05, 0.1) is 11.1 Å². The second-order valence-corrected chi connectivity index (χ2v) is 5.50. The van der Waals surface area contributed by atoms with Crippen molar-refractivity contribution in [2.45, 2.75) is 18.9 Å². The van der Waals surface area contributed by atoms with Gasteiger partial charge in [-0.2, -0.15) is 0 Å². The Morgan fingerprint density at radius 2 is 1.87 bits per heavy atom. The molecule has 0 fully saturated rings. The maximum Gasteiger partial charge on any atom is 0.356 e. The minimum absolute atomic E-state index is 0.142. The molecular weight excluding hydrogens is 296 g/mol. The summed E-state index contributed by atoms with van der Waals surface area (Å²) in [6.45, 7) is 1.51. The van der Waals surface area contributed by atoms with Gasteiger partial charge in [-0.05, 0) is 30.7 Å². The van der Waals surface area contributed by atoms with E-state index in [9.17, 15) is 14.4 Å².